The van der Waals surface area contributed by atoms with Gasteiger partial charge in [-0.05, 0) is 44.0 Å². The van der Waals surface area contributed by atoms with E-state index in [2.05, 4.69) is 10.2 Å². The zero-order chi connectivity index (χ0) is 20.4. The van der Waals surface area contributed by atoms with Crippen LogP contribution in [0.2, 0.25) is 5.02 Å². The van der Waals surface area contributed by atoms with Crippen molar-refractivity contribution in [3.8, 4) is 11.5 Å². The number of ether oxygens (including phenoxy) is 2. The summed E-state index contributed by atoms with van der Waals surface area (Å²) in [6, 6.07) is 9.16. The molecule has 152 valence electrons. The minimum absolute atomic E-state index is 0.0771. The highest BCUT2D eigenvalue weighted by molar-refractivity contribution is 6.32. The molecular formula is C21H23ClN4O3. The molecule has 2 aromatic heterocycles. The van der Waals surface area contributed by atoms with Gasteiger partial charge in [0, 0.05) is 30.8 Å². The van der Waals surface area contributed by atoms with Crippen LogP contribution in [0.4, 0.5) is 0 Å². The normalized spacial score (nSPS) is 16.8. The highest BCUT2D eigenvalue weighted by atomic mass is 35.5. The van der Waals surface area contributed by atoms with Gasteiger partial charge in [0.05, 0.1) is 18.7 Å². The molecule has 1 aliphatic rings. The monoisotopic (exact) mass is 414 g/mol. The van der Waals surface area contributed by atoms with E-state index in [0.29, 0.717) is 41.8 Å². The third-order valence-corrected chi connectivity index (χ3v) is 5.46. The zero-order valence-electron chi connectivity index (χ0n) is 16.5. The van der Waals surface area contributed by atoms with Crippen LogP contribution in [0.25, 0.3) is 5.65 Å². The van der Waals surface area contributed by atoms with E-state index in [-0.39, 0.29) is 11.8 Å². The Morgan fingerprint density at radius 2 is 2.17 bits per heavy atom. The van der Waals surface area contributed by atoms with Crippen LogP contribution in [0.3, 0.4) is 0 Å². The second-order valence-corrected chi connectivity index (χ2v) is 7.41. The highest BCUT2D eigenvalue weighted by Gasteiger charge is 2.29. The first kappa shape index (κ1) is 19.5. The third-order valence-electron chi connectivity index (χ3n) is 5.18. The minimum Gasteiger partial charge on any atom is -0.493 e. The van der Waals surface area contributed by atoms with Crippen molar-refractivity contribution in [3.63, 3.8) is 0 Å². The van der Waals surface area contributed by atoms with Gasteiger partial charge in [0.25, 0.3) is 5.91 Å². The lowest BCUT2D eigenvalue weighted by atomic mass is 9.96. The second kappa shape index (κ2) is 8.29. The number of methoxy groups -OCH3 is 1. The topological polar surface area (TPSA) is 69.0 Å². The molecule has 4 rings (SSSR count). The van der Waals surface area contributed by atoms with Gasteiger partial charge >= 0.3 is 0 Å². The van der Waals surface area contributed by atoms with Crippen LogP contribution < -0.4 is 9.47 Å². The molecule has 0 saturated carbocycles. The number of carbonyl (C=O) groups excluding carboxylic acids is 1. The van der Waals surface area contributed by atoms with E-state index < -0.39 is 0 Å². The van der Waals surface area contributed by atoms with Crippen LogP contribution >= 0.6 is 11.6 Å². The van der Waals surface area contributed by atoms with E-state index in [4.69, 9.17) is 21.1 Å². The van der Waals surface area contributed by atoms with Crippen LogP contribution in [0.15, 0.2) is 36.5 Å². The molecule has 3 heterocycles. The molecule has 1 amide bonds. The fourth-order valence-electron chi connectivity index (χ4n) is 3.82. The molecule has 29 heavy (non-hydrogen) atoms. The number of carbonyl (C=O) groups is 1. The van der Waals surface area contributed by atoms with Crippen LogP contribution in [-0.4, -0.2) is 52.2 Å². The summed E-state index contributed by atoms with van der Waals surface area (Å²) in [4.78, 5) is 15.0. The summed E-state index contributed by atoms with van der Waals surface area (Å²) in [5, 5.41) is 8.99. The number of nitrogens with zero attached hydrogens (tertiary/aromatic N) is 4. The van der Waals surface area contributed by atoms with E-state index in [1.54, 1.807) is 12.1 Å². The molecule has 8 heteroatoms. The van der Waals surface area contributed by atoms with Gasteiger partial charge in [-0.2, -0.15) is 0 Å². The molecule has 0 bridgehead atoms. The molecule has 7 nitrogen and oxygen atoms in total. The van der Waals surface area contributed by atoms with Gasteiger partial charge in [-0.1, -0.05) is 17.7 Å². The number of rotatable bonds is 5. The van der Waals surface area contributed by atoms with E-state index in [0.717, 1.165) is 24.3 Å². The summed E-state index contributed by atoms with van der Waals surface area (Å²) >= 11 is 6.35. The van der Waals surface area contributed by atoms with Crippen molar-refractivity contribution in [3.05, 3.63) is 52.9 Å². The van der Waals surface area contributed by atoms with E-state index >= 15 is 0 Å². The van der Waals surface area contributed by atoms with Crippen molar-refractivity contribution in [2.45, 2.75) is 25.7 Å². The average Bonchev–Trinajstić information content (AvgIpc) is 3.19. The number of benzene rings is 1. The quantitative estimate of drug-likeness (QED) is 0.635. The Labute approximate surface area is 174 Å². The molecule has 1 aromatic carbocycles. The Morgan fingerprint density at radius 1 is 1.31 bits per heavy atom. The summed E-state index contributed by atoms with van der Waals surface area (Å²) in [5.41, 5.74) is 1.30. The Kier molecular flexibility index (Phi) is 5.58. The summed E-state index contributed by atoms with van der Waals surface area (Å²) in [6.45, 7) is 3.61. The lowest BCUT2D eigenvalue weighted by Crippen LogP contribution is -2.39. The first-order valence-corrected chi connectivity index (χ1v) is 10.1. The van der Waals surface area contributed by atoms with Crippen molar-refractivity contribution >= 4 is 23.2 Å². The lowest BCUT2D eigenvalue weighted by molar-refractivity contribution is 0.0703. The molecular weight excluding hydrogens is 392 g/mol. The number of hydrogen-bond donors (Lipinski definition) is 0. The minimum atomic E-state index is -0.0771. The maximum atomic E-state index is 13.2. The number of piperidine rings is 1. The summed E-state index contributed by atoms with van der Waals surface area (Å²) in [5.74, 6) is 1.86. The fraction of sp³-hybridized carbons (Fsp3) is 0.381. The molecule has 1 atom stereocenters. The second-order valence-electron chi connectivity index (χ2n) is 7.00. The van der Waals surface area contributed by atoms with Gasteiger partial charge in [-0.15, -0.1) is 10.2 Å². The predicted molar refractivity (Wildman–Crippen MR) is 110 cm³/mol. The molecule has 0 N–H and O–H groups in total. The first-order valence-electron chi connectivity index (χ1n) is 9.71. The molecule has 3 aromatic rings. The number of pyridine rings is 1. The highest BCUT2D eigenvalue weighted by Crippen LogP contribution is 2.37. The molecule has 0 radical (unpaired) electrons. The number of halogens is 1. The summed E-state index contributed by atoms with van der Waals surface area (Å²) in [6.07, 6.45) is 3.83. The third kappa shape index (κ3) is 3.74. The average molecular weight is 415 g/mol. The Hall–Kier alpha value is -2.80. The van der Waals surface area contributed by atoms with Gasteiger partial charge in [0.15, 0.2) is 17.1 Å². The zero-order valence-corrected chi connectivity index (χ0v) is 17.2. The number of likely N-dealkylation sites (tertiary alicyclic amines) is 1. The SMILES string of the molecule is CCOc1c(Cl)cc(C(=O)N2CCCC(c3nnc4ccccn34)C2)cc1OC. The van der Waals surface area contributed by atoms with Crippen molar-refractivity contribution in [1.82, 2.24) is 19.5 Å². The largest absolute Gasteiger partial charge is 0.493 e. The van der Waals surface area contributed by atoms with E-state index in [1.165, 1.54) is 7.11 Å². The van der Waals surface area contributed by atoms with Gasteiger partial charge in [0.1, 0.15) is 5.82 Å². The Bertz CT molecular complexity index is 1040. The van der Waals surface area contributed by atoms with Crippen molar-refractivity contribution in [1.29, 1.82) is 0 Å². The number of hydrogen-bond acceptors (Lipinski definition) is 5. The van der Waals surface area contributed by atoms with Gasteiger partial charge < -0.3 is 14.4 Å². The predicted octanol–water partition coefficient (Wildman–Crippen LogP) is 3.81. The molecule has 0 aliphatic carbocycles. The number of fused-ring (bicyclic) bond motifs is 1. The molecule has 1 fully saturated rings. The van der Waals surface area contributed by atoms with Crippen LogP contribution in [-0.2, 0) is 0 Å². The number of aromatic nitrogens is 3. The summed E-state index contributed by atoms with van der Waals surface area (Å²) in [7, 11) is 1.54. The van der Waals surface area contributed by atoms with Crippen molar-refractivity contribution in [2.24, 2.45) is 0 Å². The van der Waals surface area contributed by atoms with Crippen LogP contribution in [0.5, 0.6) is 11.5 Å². The molecule has 1 aliphatic heterocycles. The fourth-order valence-corrected chi connectivity index (χ4v) is 4.09. The maximum Gasteiger partial charge on any atom is 0.254 e. The van der Waals surface area contributed by atoms with Crippen molar-refractivity contribution in [2.75, 3.05) is 26.8 Å². The first-order chi connectivity index (χ1) is 14.1. The van der Waals surface area contributed by atoms with Gasteiger partial charge in [-0.3, -0.25) is 9.20 Å². The van der Waals surface area contributed by atoms with E-state index in [9.17, 15) is 4.79 Å². The van der Waals surface area contributed by atoms with Crippen LogP contribution in [0.1, 0.15) is 41.9 Å². The van der Waals surface area contributed by atoms with Gasteiger partial charge in [0.2, 0.25) is 0 Å². The Balaban J connectivity index is 1.58. The maximum absolute atomic E-state index is 13.2. The van der Waals surface area contributed by atoms with Crippen molar-refractivity contribution < 1.29 is 14.3 Å². The van der Waals surface area contributed by atoms with E-state index in [1.807, 2.05) is 40.6 Å². The van der Waals surface area contributed by atoms with Gasteiger partial charge in [-0.25, -0.2) is 0 Å². The molecule has 1 unspecified atom stereocenters. The Morgan fingerprint density at radius 3 is 2.97 bits per heavy atom. The van der Waals surface area contributed by atoms with Crippen LogP contribution in [0, 0.1) is 0 Å². The summed E-state index contributed by atoms with van der Waals surface area (Å²) < 4.78 is 12.9. The number of amides is 1. The lowest BCUT2D eigenvalue weighted by Gasteiger charge is -2.32. The molecule has 1 saturated heterocycles. The molecule has 0 spiro atoms. The standard InChI is InChI=1S/C21H23ClN4O3/c1-3-29-19-16(22)11-15(12-17(19)28-2)21(27)25-9-6-7-14(13-25)20-24-23-18-8-4-5-10-26(18)20/h4-5,8,10-12,14H,3,6-7,9,13H2,1-2H3. The smallest absolute Gasteiger partial charge is 0.254 e.